The van der Waals surface area contributed by atoms with Crippen molar-refractivity contribution in [2.75, 3.05) is 20.7 Å². The number of amides is 1. The number of hydrogen-bond acceptors (Lipinski definition) is 4. The number of para-hydroxylation sites is 1. The molecule has 0 atom stereocenters. The van der Waals surface area contributed by atoms with Crippen LogP contribution in [0.3, 0.4) is 0 Å². The Morgan fingerprint density at radius 2 is 1.81 bits per heavy atom. The monoisotopic (exact) mass is 367 g/mol. The lowest BCUT2D eigenvalue weighted by Crippen LogP contribution is -2.27. The molecule has 0 radical (unpaired) electrons. The van der Waals surface area contributed by atoms with Crippen LogP contribution in [-0.4, -0.2) is 43.4 Å². The van der Waals surface area contributed by atoms with Crippen molar-refractivity contribution in [1.29, 1.82) is 0 Å². The Balaban J connectivity index is 2.09. The molecule has 0 saturated heterocycles. The highest BCUT2D eigenvalue weighted by Gasteiger charge is 2.08. The minimum Gasteiger partial charge on any atom is -0.490 e. The third-order valence-electron chi connectivity index (χ3n) is 3.68. The van der Waals surface area contributed by atoms with Crippen LogP contribution in [0.25, 0.3) is 6.08 Å². The Hall–Kier alpha value is -3.08. The summed E-state index contributed by atoms with van der Waals surface area (Å²) in [6.07, 6.45) is 3.30. The van der Waals surface area contributed by atoms with Crippen LogP contribution in [0.15, 0.2) is 54.6 Å². The quantitative estimate of drug-likeness (QED) is 0.525. The summed E-state index contributed by atoms with van der Waals surface area (Å²) >= 11 is 0. The van der Waals surface area contributed by atoms with E-state index in [1.807, 2.05) is 38.1 Å². The Morgan fingerprint density at radius 3 is 2.52 bits per heavy atom. The van der Waals surface area contributed by atoms with Gasteiger partial charge in [0.2, 0.25) is 0 Å². The molecule has 0 heterocycles. The summed E-state index contributed by atoms with van der Waals surface area (Å²) in [6.45, 7) is 3.84. The van der Waals surface area contributed by atoms with Crippen LogP contribution in [0.5, 0.6) is 11.5 Å². The van der Waals surface area contributed by atoms with E-state index >= 15 is 0 Å². The van der Waals surface area contributed by atoms with Gasteiger partial charge in [0.05, 0.1) is 6.10 Å². The van der Waals surface area contributed by atoms with Gasteiger partial charge in [-0.25, -0.2) is 0 Å². The lowest BCUT2D eigenvalue weighted by Gasteiger charge is -2.12. The van der Waals surface area contributed by atoms with Gasteiger partial charge in [-0.05, 0) is 44.2 Å². The molecule has 0 fully saturated rings. The van der Waals surface area contributed by atoms with Gasteiger partial charge in [0, 0.05) is 25.2 Å². The maximum Gasteiger partial charge on any atom is 0.259 e. The topological polar surface area (TPSA) is 55.8 Å². The summed E-state index contributed by atoms with van der Waals surface area (Å²) in [5.74, 6) is 0.913. The molecule has 2 aromatic rings. The first-order chi connectivity index (χ1) is 12.9. The zero-order valence-corrected chi connectivity index (χ0v) is 16.1. The van der Waals surface area contributed by atoms with Crippen LogP contribution in [0.4, 0.5) is 0 Å². The molecule has 142 valence electrons. The van der Waals surface area contributed by atoms with Crippen LogP contribution in [-0.2, 0) is 4.79 Å². The Kier molecular flexibility index (Phi) is 7.17. The first-order valence-corrected chi connectivity index (χ1v) is 8.78. The molecule has 0 unspecified atom stereocenters. The maximum absolute atomic E-state index is 12.5. The normalized spacial score (nSPS) is 10.9. The van der Waals surface area contributed by atoms with E-state index in [-0.39, 0.29) is 24.4 Å². The molecule has 2 rings (SSSR count). The third-order valence-corrected chi connectivity index (χ3v) is 3.68. The lowest BCUT2D eigenvalue weighted by atomic mass is 10.1. The molecule has 0 aliphatic carbocycles. The van der Waals surface area contributed by atoms with Gasteiger partial charge in [0.25, 0.3) is 5.91 Å². The largest absolute Gasteiger partial charge is 0.490 e. The molecule has 5 heteroatoms. The van der Waals surface area contributed by atoms with E-state index in [4.69, 9.17) is 9.47 Å². The van der Waals surface area contributed by atoms with E-state index in [0.717, 1.165) is 11.3 Å². The first-order valence-electron chi connectivity index (χ1n) is 8.78. The number of ketones is 1. The van der Waals surface area contributed by atoms with Crippen molar-refractivity contribution in [2.24, 2.45) is 0 Å². The van der Waals surface area contributed by atoms with E-state index in [0.29, 0.717) is 11.3 Å². The van der Waals surface area contributed by atoms with E-state index in [1.165, 1.54) is 11.0 Å². The molecular formula is C22H25NO4. The van der Waals surface area contributed by atoms with Gasteiger partial charge in [-0.1, -0.05) is 30.3 Å². The number of ether oxygens (including phenoxy) is 2. The number of benzene rings is 2. The van der Waals surface area contributed by atoms with Crippen LogP contribution in [0.1, 0.15) is 29.8 Å². The number of likely N-dealkylation sites (N-methyl/N-ethyl adjacent to an activating group) is 1. The fourth-order valence-corrected chi connectivity index (χ4v) is 2.25. The van der Waals surface area contributed by atoms with Gasteiger partial charge in [0.1, 0.15) is 11.5 Å². The average Bonchev–Trinajstić information content (AvgIpc) is 2.64. The number of carbonyl (C=O) groups excluding carboxylic acids is 2. The highest BCUT2D eigenvalue weighted by atomic mass is 16.5. The molecule has 1 amide bonds. The molecule has 2 aromatic carbocycles. The predicted octanol–water partition coefficient (Wildman–Crippen LogP) is 3.84. The van der Waals surface area contributed by atoms with Gasteiger partial charge in [0.15, 0.2) is 12.4 Å². The highest BCUT2D eigenvalue weighted by Crippen LogP contribution is 2.21. The molecule has 0 N–H and O–H groups in total. The Bertz CT molecular complexity index is 825. The second kappa shape index (κ2) is 9.57. The van der Waals surface area contributed by atoms with E-state index in [2.05, 4.69) is 0 Å². The SMILES string of the molecule is CC(C)Oc1ccccc1/C=C/C(=O)c1cccc(OCC(=O)N(C)C)c1. The Morgan fingerprint density at radius 1 is 1.07 bits per heavy atom. The summed E-state index contributed by atoms with van der Waals surface area (Å²) in [5.41, 5.74) is 1.33. The molecule has 5 nitrogen and oxygen atoms in total. The minimum atomic E-state index is -0.154. The number of allylic oxidation sites excluding steroid dienone is 1. The summed E-state index contributed by atoms with van der Waals surface area (Å²) in [5, 5.41) is 0. The van der Waals surface area contributed by atoms with Crippen LogP contribution in [0.2, 0.25) is 0 Å². The highest BCUT2D eigenvalue weighted by molar-refractivity contribution is 6.07. The molecule has 0 aromatic heterocycles. The van der Waals surface area contributed by atoms with E-state index in [9.17, 15) is 9.59 Å². The van der Waals surface area contributed by atoms with Crippen molar-refractivity contribution < 1.29 is 19.1 Å². The maximum atomic E-state index is 12.5. The molecule has 0 aliphatic heterocycles. The summed E-state index contributed by atoms with van der Waals surface area (Å²) < 4.78 is 11.2. The second-order valence-corrected chi connectivity index (χ2v) is 6.51. The van der Waals surface area contributed by atoms with Crippen molar-refractivity contribution in [3.63, 3.8) is 0 Å². The zero-order chi connectivity index (χ0) is 19.8. The Labute approximate surface area is 160 Å². The van der Waals surface area contributed by atoms with Crippen LogP contribution >= 0.6 is 0 Å². The lowest BCUT2D eigenvalue weighted by molar-refractivity contribution is -0.130. The van der Waals surface area contributed by atoms with E-state index < -0.39 is 0 Å². The van der Waals surface area contributed by atoms with Gasteiger partial charge in [-0.3, -0.25) is 9.59 Å². The number of hydrogen-bond donors (Lipinski definition) is 0. The number of rotatable bonds is 8. The third kappa shape index (κ3) is 6.29. The van der Waals surface area contributed by atoms with Gasteiger partial charge >= 0.3 is 0 Å². The van der Waals surface area contributed by atoms with Gasteiger partial charge < -0.3 is 14.4 Å². The molecule has 0 saturated carbocycles. The predicted molar refractivity (Wildman–Crippen MR) is 106 cm³/mol. The van der Waals surface area contributed by atoms with Gasteiger partial charge in [-0.2, -0.15) is 0 Å². The smallest absolute Gasteiger partial charge is 0.259 e. The van der Waals surface area contributed by atoms with Gasteiger partial charge in [-0.15, -0.1) is 0 Å². The fourth-order valence-electron chi connectivity index (χ4n) is 2.25. The minimum absolute atomic E-state index is 0.0500. The van der Waals surface area contributed by atoms with Crippen LogP contribution in [0, 0.1) is 0 Å². The standard InChI is InChI=1S/C22H25NO4/c1-16(2)27-21-11-6-5-8-17(21)12-13-20(24)18-9-7-10-19(14-18)26-15-22(25)23(3)4/h5-14,16H,15H2,1-4H3/b13-12+. The summed E-state index contributed by atoms with van der Waals surface area (Å²) in [6, 6.07) is 14.4. The van der Waals surface area contributed by atoms with Crippen LogP contribution < -0.4 is 9.47 Å². The number of nitrogens with zero attached hydrogens (tertiary/aromatic N) is 1. The molecule has 0 bridgehead atoms. The van der Waals surface area contributed by atoms with Crippen molar-refractivity contribution in [1.82, 2.24) is 4.90 Å². The van der Waals surface area contributed by atoms with Crippen molar-refractivity contribution in [3.05, 3.63) is 65.7 Å². The first kappa shape index (κ1) is 20.2. The van der Waals surface area contributed by atoms with Crippen molar-refractivity contribution in [2.45, 2.75) is 20.0 Å². The fraction of sp³-hybridized carbons (Fsp3) is 0.273. The molecular weight excluding hydrogens is 342 g/mol. The number of carbonyl (C=O) groups is 2. The molecule has 0 spiro atoms. The molecule has 0 aliphatic rings. The molecule has 27 heavy (non-hydrogen) atoms. The zero-order valence-electron chi connectivity index (χ0n) is 16.1. The summed E-state index contributed by atoms with van der Waals surface area (Å²) in [4.78, 5) is 25.6. The van der Waals surface area contributed by atoms with Crippen molar-refractivity contribution in [3.8, 4) is 11.5 Å². The average molecular weight is 367 g/mol. The van der Waals surface area contributed by atoms with E-state index in [1.54, 1.807) is 44.4 Å². The summed E-state index contributed by atoms with van der Waals surface area (Å²) in [7, 11) is 3.33. The van der Waals surface area contributed by atoms with Crippen molar-refractivity contribution >= 4 is 17.8 Å². The second-order valence-electron chi connectivity index (χ2n) is 6.51.